The van der Waals surface area contributed by atoms with Crippen LogP contribution in [0.3, 0.4) is 0 Å². The molecule has 1 aliphatic rings. The van der Waals surface area contributed by atoms with E-state index in [1.54, 1.807) is 17.7 Å². The van der Waals surface area contributed by atoms with Gasteiger partial charge < -0.3 is 10.6 Å². The zero-order chi connectivity index (χ0) is 13.9. The molecule has 1 unspecified atom stereocenters. The first kappa shape index (κ1) is 13.7. The summed E-state index contributed by atoms with van der Waals surface area (Å²) in [5, 5.41) is 2.08. The van der Waals surface area contributed by atoms with Crippen molar-refractivity contribution in [3.05, 3.63) is 17.8 Å². The summed E-state index contributed by atoms with van der Waals surface area (Å²) >= 11 is 1.72. The second-order valence-electron chi connectivity index (χ2n) is 5.15. The van der Waals surface area contributed by atoms with Gasteiger partial charge in [0.1, 0.15) is 12.1 Å². The first-order valence-electron chi connectivity index (χ1n) is 7.20. The van der Waals surface area contributed by atoms with Crippen LogP contribution in [-0.4, -0.2) is 53.6 Å². The Kier molecular flexibility index (Phi) is 4.14. The lowest BCUT2D eigenvalue weighted by Gasteiger charge is -2.39. The maximum absolute atomic E-state index is 5.85. The van der Waals surface area contributed by atoms with Crippen molar-refractivity contribution in [2.24, 2.45) is 5.73 Å². The lowest BCUT2D eigenvalue weighted by atomic mass is 10.1. The number of nitrogens with zero attached hydrogens (tertiary/aromatic N) is 4. The zero-order valence-electron chi connectivity index (χ0n) is 11.8. The maximum Gasteiger partial charge on any atom is 0.150 e. The van der Waals surface area contributed by atoms with Crippen molar-refractivity contribution >= 4 is 27.4 Å². The van der Waals surface area contributed by atoms with Gasteiger partial charge in [0, 0.05) is 38.8 Å². The fraction of sp³-hybridized carbons (Fsp3) is 0.571. The molecule has 5 nitrogen and oxygen atoms in total. The van der Waals surface area contributed by atoms with Crippen molar-refractivity contribution in [2.45, 2.75) is 19.4 Å². The van der Waals surface area contributed by atoms with Gasteiger partial charge >= 0.3 is 0 Å². The molecule has 0 aromatic carbocycles. The summed E-state index contributed by atoms with van der Waals surface area (Å²) in [6.45, 7) is 7.11. The summed E-state index contributed by atoms with van der Waals surface area (Å²) in [6, 6.07) is 2.58. The number of hydrogen-bond acceptors (Lipinski definition) is 6. The van der Waals surface area contributed by atoms with Gasteiger partial charge in [-0.05, 0) is 17.9 Å². The summed E-state index contributed by atoms with van der Waals surface area (Å²) < 4.78 is 1.20. The van der Waals surface area contributed by atoms with Gasteiger partial charge in [-0.15, -0.1) is 11.3 Å². The fourth-order valence-electron chi connectivity index (χ4n) is 2.87. The molecule has 0 aliphatic carbocycles. The minimum Gasteiger partial charge on any atom is -0.353 e. The molecule has 0 radical (unpaired) electrons. The lowest BCUT2D eigenvalue weighted by Crippen LogP contribution is -2.52. The Bertz CT molecular complexity index is 557. The zero-order valence-corrected chi connectivity index (χ0v) is 12.6. The van der Waals surface area contributed by atoms with Crippen LogP contribution >= 0.6 is 11.3 Å². The standard InChI is InChI=1S/C14H21N5S/c1-2-11(9-15)18-4-6-19(7-5-18)14-13-12(3-8-20-13)16-10-17-14/h3,8,10-11H,2,4-7,9,15H2,1H3. The minimum atomic E-state index is 0.518. The second kappa shape index (κ2) is 6.03. The Morgan fingerprint density at radius 1 is 1.30 bits per heavy atom. The van der Waals surface area contributed by atoms with Gasteiger partial charge in [0.15, 0.2) is 0 Å². The topological polar surface area (TPSA) is 58.3 Å². The number of piperazine rings is 1. The molecule has 20 heavy (non-hydrogen) atoms. The highest BCUT2D eigenvalue weighted by Gasteiger charge is 2.23. The number of nitrogens with two attached hydrogens (primary N) is 1. The van der Waals surface area contributed by atoms with Crippen LogP contribution in [0.25, 0.3) is 10.2 Å². The van der Waals surface area contributed by atoms with E-state index in [1.165, 1.54) is 4.70 Å². The third-order valence-electron chi connectivity index (χ3n) is 4.10. The molecule has 0 saturated carbocycles. The van der Waals surface area contributed by atoms with Gasteiger partial charge in [0.2, 0.25) is 0 Å². The van der Waals surface area contributed by atoms with Crippen molar-refractivity contribution in [3.8, 4) is 0 Å². The smallest absolute Gasteiger partial charge is 0.150 e. The van der Waals surface area contributed by atoms with E-state index in [1.807, 2.05) is 0 Å². The predicted molar refractivity (Wildman–Crippen MR) is 84.3 cm³/mol. The Morgan fingerprint density at radius 2 is 2.10 bits per heavy atom. The van der Waals surface area contributed by atoms with E-state index in [9.17, 15) is 0 Å². The lowest BCUT2D eigenvalue weighted by molar-refractivity contribution is 0.184. The fourth-order valence-corrected chi connectivity index (χ4v) is 3.74. The summed E-state index contributed by atoms with van der Waals surface area (Å²) in [6.07, 6.45) is 2.80. The number of hydrogen-bond donors (Lipinski definition) is 1. The van der Waals surface area contributed by atoms with E-state index in [4.69, 9.17) is 5.73 Å². The van der Waals surface area contributed by atoms with Gasteiger partial charge in [-0.1, -0.05) is 6.92 Å². The Labute approximate surface area is 123 Å². The molecule has 3 rings (SSSR count). The van der Waals surface area contributed by atoms with Gasteiger partial charge in [-0.25, -0.2) is 9.97 Å². The molecule has 2 aromatic rings. The molecule has 6 heteroatoms. The Morgan fingerprint density at radius 3 is 2.80 bits per heavy atom. The molecule has 1 atom stereocenters. The second-order valence-corrected chi connectivity index (χ2v) is 6.07. The monoisotopic (exact) mass is 291 g/mol. The predicted octanol–water partition coefficient (Wildman–Crippen LogP) is 1.55. The number of anilines is 1. The van der Waals surface area contributed by atoms with Crippen LogP contribution in [0, 0.1) is 0 Å². The molecule has 0 spiro atoms. The molecule has 0 amide bonds. The minimum absolute atomic E-state index is 0.518. The summed E-state index contributed by atoms with van der Waals surface area (Å²) in [7, 11) is 0. The molecule has 3 heterocycles. The molecule has 1 aliphatic heterocycles. The average molecular weight is 291 g/mol. The first-order chi connectivity index (χ1) is 9.83. The molecule has 1 saturated heterocycles. The highest BCUT2D eigenvalue weighted by Crippen LogP contribution is 2.28. The van der Waals surface area contributed by atoms with Crippen molar-refractivity contribution < 1.29 is 0 Å². The van der Waals surface area contributed by atoms with E-state index in [-0.39, 0.29) is 0 Å². The molecule has 108 valence electrons. The van der Waals surface area contributed by atoms with E-state index in [2.05, 4.69) is 38.1 Å². The molecule has 0 bridgehead atoms. The van der Waals surface area contributed by atoms with E-state index in [0.29, 0.717) is 6.04 Å². The highest BCUT2D eigenvalue weighted by molar-refractivity contribution is 7.17. The molecular formula is C14H21N5S. The quantitative estimate of drug-likeness (QED) is 0.926. The largest absolute Gasteiger partial charge is 0.353 e. The van der Waals surface area contributed by atoms with Gasteiger partial charge in [0.05, 0.1) is 10.2 Å². The Hall–Kier alpha value is -1.24. The maximum atomic E-state index is 5.85. The van der Waals surface area contributed by atoms with Crippen LogP contribution in [0.2, 0.25) is 0 Å². The van der Waals surface area contributed by atoms with Gasteiger partial charge in [-0.2, -0.15) is 0 Å². The van der Waals surface area contributed by atoms with Crippen molar-refractivity contribution in [2.75, 3.05) is 37.6 Å². The molecular weight excluding hydrogens is 270 g/mol. The average Bonchev–Trinajstić information content (AvgIpc) is 2.98. The SMILES string of the molecule is CCC(CN)N1CCN(c2ncnc3ccsc23)CC1. The first-order valence-corrected chi connectivity index (χ1v) is 8.08. The Balaban J connectivity index is 1.73. The van der Waals surface area contributed by atoms with Gasteiger partial charge in [-0.3, -0.25) is 4.90 Å². The normalized spacial score (nSPS) is 18.6. The van der Waals surface area contributed by atoms with E-state index in [0.717, 1.165) is 50.5 Å². The number of aromatic nitrogens is 2. The third-order valence-corrected chi connectivity index (χ3v) is 5.00. The van der Waals surface area contributed by atoms with E-state index >= 15 is 0 Å². The van der Waals surface area contributed by atoms with Crippen molar-refractivity contribution in [1.29, 1.82) is 0 Å². The highest BCUT2D eigenvalue weighted by atomic mass is 32.1. The van der Waals surface area contributed by atoms with Crippen LogP contribution in [-0.2, 0) is 0 Å². The molecule has 2 aromatic heterocycles. The summed E-state index contributed by atoms with van der Waals surface area (Å²) in [5.74, 6) is 1.09. The van der Waals surface area contributed by atoms with Crippen LogP contribution in [0.4, 0.5) is 5.82 Å². The summed E-state index contributed by atoms with van der Waals surface area (Å²) in [4.78, 5) is 13.7. The van der Waals surface area contributed by atoms with Crippen molar-refractivity contribution in [3.63, 3.8) is 0 Å². The third kappa shape index (κ3) is 2.51. The van der Waals surface area contributed by atoms with Crippen molar-refractivity contribution in [1.82, 2.24) is 14.9 Å². The molecule has 2 N–H and O–H groups in total. The van der Waals surface area contributed by atoms with Crippen LogP contribution < -0.4 is 10.6 Å². The van der Waals surface area contributed by atoms with Crippen LogP contribution in [0.15, 0.2) is 17.8 Å². The number of thiophene rings is 1. The van der Waals surface area contributed by atoms with Crippen LogP contribution in [0.5, 0.6) is 0 Å². The number of rotatable bonds is 4. The van der Waals surface area contributed by atoms with Crippen LogP contribution in [0.1, 0.15) is 13.3 Å². The van der Waals surface area contributed by atoms with E-state index < -0.39 is 0 Å². The molecule has 1 fully saturated rings. The summed E-state index contributed by atoms with van der Waals surface area (Å²) in [5.41, 5.74) is 6.90. The number of fused-ring (bicyclic) bond motifs is 1. The van der Waals surface area contributed by atoms with Gasteiger partial charge in [0.25, 0.3) is 0 Å².